The zero-order valence-electron chi connectivity index (χ0n) is 16.1. The van der Waals surface area contributed by atoms with Crippen LogP contribution in [-0.2, 0) is 6.54 Å². The number of ether oxygens (including phenoxy) is 1. The molecule has 2 aromatic rings. The van der Waals surface area contributed by atoms with E-state index in [-0.39, 0.29) is 12.0 Å². The van der Waals surface area contributed by atoms with Gasteiger partial charge in [-0.05, 0) is 62.4 Å². The van der Waals surface area contributed by atoms with Crippen molar-refractivity contribution in [1.82, 2.24) is 9.80 Å². The summed E-state index contributed by atoms with van der Waals surface area (Å²) in [7, 11) is 0. The van der Waals surface area contributed by atoms with E-state index in [1.165, 1.54) is 6.42 Å². The van der Waals surface area contributed by atoms with Crippen LogP contribution < -0.4 is 4.74 Å². The number of carbonyl (C=O) groups excluding carboxylic acids is 1. The third-order valence-corrected chi connectivity index (χ3v) is 5.84. The first-order valence-corrected chi connectivity index (χ1v) is 10.6. The van der Waals surface area contributed by atoms with Crippen molar-refractivity contribution in [3.63, 3.8) is 0 Å². The molecule has 0 aliphatic carbocycles. The van der Waals surface area contributed by atoms with Crippen LogP contribution in [0.3, 0.4) is 0 Å². The van der Waals surface area contributed by atoms with Gasteiger partial charge in [0, 0.05) is 31.2 Å². The van der Waals surface area contributed by atoms with Crippen LogP contribution in [-0.4, -0.2) is 48.0 Å². The third kappa shape index (κ3) is 4.70. The molecule has 5 nitrogen and oxygen atoms in total. The minimum Gasteiger partial charge on any atom is -0.489 e. The van der Waals surface area contributed by atoms with E-state index < -0.39 is 0 Å². The zero-order valence-corrected chi connectivity index (χ0v) is 16.9. The van der Waals surface area contributed by atoms with Crippen molar-refractivity contribution in [2.24, 2.45) is 0 Å². The minimum atomic E-state index is 0.0571. The van der Waals surface area contributed by atoms with E-state index in [2.05, 4.69) is 4.90 Å². The lowest BCUT2D eigenvalue weighted by Crippen LogP contribution is -2.38. The summed E-state index contributed by atoms with van der Waals surface area (Å²) in [6, 6.07) is 9.30. The van der Waals surface area contributed by atoms with Crippen LogP contribution in [0.15, 0.2) is 41.0 Å². The second-order valence-corrected chi connectivity index (χ2v) is 8.10. The Balaban J connectivity index is 1.39. The van der Waals surface area contributed by atoms with E-state index in [1.807, 2.05) is 17.0 Å². The highest BCUT2D eigenvalue weighted by molar-refractivity contribution is 6.30. The number of nitrogens with zero attached hydrogens (tertiary/aromatic N) is 2. The summed E-state index contributed by atoms with van der Waals surface area (Å²) in [4.78, 5) is 17.3. The molecule has 6 heteroatoms. The van der Waals surface area contributed by atoms with Gasteiger partial charge in [0.05, 0.1) is 18.4 Å². The SMILES string of the molecule is O=C(c1ccc(Cl)cc1OC1CCN(Cc2ccco2)CC1)N1CCCCC1. The molecule has 28 heavy (non-hydrogen) atoms. The molecule has 0 radical (unpaired) electrons. The van der Waals surface area contributed by atoms with Crippen LogP contribution in [0.2, 0.25) is 5.02 Å². The zero-order chi connectivity index (χ0) is 19.3. The van der Waals surface area contributed by atoms with E-state index in [9.17, 15) is 4.79 Å². The Morgan fingerprint density at radius 1 is 1.11 bits per heavy atom. The largest absolute Gasteiger partial charge is 0.489 e. The van der Waals surface area contributed by atoms with E-state index in [0.717, 1.165) is 64.2 Å². The lowest BCUT2D eigenvalue weighted by molar-refractivity contribution is 0.0699. The molecule has 2 aliphatic heterocycles. The molecule has 0 bridgehead atoms. The van der Waals surface area contributed by atoms with Gasteiger partial charge >= 0.3 is 0 Å². The fourth-order valence-corrected chi connectivity index (χ4v) is 4.19. The number of carbonyl (C=O) groups is 1. The van der Waals surface area contributed by atoms with Crippen molar-refractivity contribution in [1.29, 1.82) is 0 Å². The quantitative estimate of drug-likeness (QED) is 0.733. The summed E-state index contributed by atoms with van der Waals surface area (Å²) in [5.74, 6) is 1.66. The molecule has 2 saturated heterocycles. The normalized spacial score (nSPS) is 19.0. The third-order valence-electron chi connectivity index (χ3n) is 5.61. The van der Waals surface area contributed by atoms with Crippen molar-refractivity contribution in [2.75, 3.05) is 26.2 Å². The Morgan fingerprint density at radius 2 is 1.89 bits per heavy atom. The monoisotopic (exact) mass is 402 g/mol. The Bertz CT molecular complexity index is 779. The van der Waals surface area contributed by atoms with Crippen molar-refractivity contribution < 1.29 is 13.9 Å². The van der Waals surface area contributed by atoms with Gasteiger partial charge in [0.15, 0.2) is 0 Å². The topological polar surface area (TPSA) is 45.9 Å². The lowest BCUT2D eigenvalue weighted by Gasteiger charge is -2.32. The number of hydrogen-bond donors (Lipinski definition) is 0. The molecule has 2 fully saturated rings. The first-order valence-electron chi connectivity index (χ1n) is 10.2. The molecule has 1 aromatic heterocycles. The Morgan fingerprint density at radius 3 is 2.61 bits per heavy atom. The van der Waals surface area contributed by atoms with Gasteiger partial charge in [0.1, 0.15) is 17.6 Å². The lowest BCUT2D eigenvalue weighted by atomic mass is 10.1. The minimum absolute atomic E-state index is 0.0571. The summed E-state index contributed by atoms with van der Waals surface area (Å²) < 4.78 is 11.7. The maximum atomic E-state index is 13.0. The maximum absolute atomic E-state index is 13.0. The van der Waals surface area contributed by atoms with Crippen LogP contribution in [0, 0.1) is 0 Å². The molecule has 4 rings (SSSR count). The highest BCUT2D eigenvalue weighted by Crippen LogP contribution is 2.29. The van der Waals surface area contributed by atoms with Crippen LogP contribution in [0.5, 0.6) is 5.75 Å². The molecule has 1 aromatic carbocycles. The van der Waals surface area contributed by atoms with E-state index >= 15 is 0 Å². The van der Waals surface area contributed by atoms with Crippen molar-refractivity contribution in [3.05, 3.63) is 52.9 Å². The van der Waals surface area contributed by atoms with Gasteiger partial charge in [-0.15, -0.1) is 0 Å². The summed E-state index contributed by atoms with van der Waals surface area (Å²) >= 11 is 6.20. The predicted molar refractivity (Wildman–Crippen MR) is 109 cm³/mol. The number of rotatable bonds is 5. The average molecular weight is 403 g/mol. The fraction of sp³-hybridized carbons (Fsp3) is 0.500. The molecule has 0 unspecified atom stereocenters. The molecule has 0 saturated carbocycles. The van der Waals surface area contributed by atoms with Gasteiger partial charge in [0.25, 0.3) is 5.91 Å². The average Bonchev–Trinajstić information content (AvgIpc) is 3.23. The van der Waals surface area contributed by atoms with Gasteiger partial charge in [-0.25, -0.2) is 0 Å². The van der Waals surface area contributed by atoms with Crippen molar-refractivity contribution in [3.8, 4) is 5.75 Å². The Labute approximate surface area is 171 Å². The van der Waals surface area contributed by atoms with E-state index in [1.54, 1.807) is 24.5 Å². The number of likely N-dealkylation sites (tertiary alicyclic amines) is 2. The Hall–Kier alpha value is -1.98. The number of amides is 1. The second-order valence-electron chi connectivity index (χ2n) is 7.67. The smallest absolute Gasteiger partial charge is 0.257 e. The summed E-state index contributed by atoms with van der Waals surface area (Å²) in [5.41, 5.74) is 0.629. The first-order chi connectivity index (χ1) is 13.7. The summed E-state index contributed by atoms with van der Waals surface area (Å²) in [6.07, 6.45) is 7.00. The number of piperidine rings is 2. The van der Waals surface area contributed by atoms with Gasteiger partial charge in [0.2, 0.25) is 0 Å². The number of benzene rings is 1. The van der Waals surface area contributed by atoms with Crippen LogP contribution >= 0.6 is 11.6 Å². The second kappa shape index (κ2) is 9.01. The Kier molecular flexibility index (Phi) is 6.23. The highest BCUT2D eigenvalue weighted by Gasteiger charge is 2.25. The summed E-state index contributed by atoms with van der Waals surface area (Å²) in [6.45, 7) is 4.37. The molecule has 0 N–H and O–H groups in total. The van der Waals surface area contributed by atoms with Gasteiger partial charge in [-0.1, -0.05) is 11.6 Å². The van der Waals surface area contributed by atoms with Crippen molar-refractivity contribution >= 4 is 17.5 Å². The van der Waals surface area contributed by atoms with Crippen molar-refractivity contribution in [2.45, 2.75) is 44.8 Å². The van der Waals surface area contributed by atoms with Gasteiger partial charge in [-0.2, -0.15) is 0 Å². The number of furan rings is 1. The first kappa shape index (κ1) is 19.3. The van der Waals surface area contributed by atoms with E-state index in [4.69, 9.17) is 20.8 Å². The molecular formula is C22H27ClN2O3. The fourth-order valence-electron chi connectivity index (χ4n) is 4.03. The maximum Gasteiger partial charge on any atom is 0.257 e. The molecule has 3 heterocycles. The molecule has 2 aliphatic rings. The molecule has 0 atom stereocenters. The van der Waals surface area contributed by atoms with Crippen LogP contribution in [0.1, 0.15) is 48.2 Å². The number of halogens is 1. The molecular weight excluding hydrogens is 376 g/mol. The molecule has 0 spiro atoms. The predicted octanol–water partition coefficient (Wildman–Crippen LogP) is 4.60. The number of hydrogen-bond acceptors (Lipinski definition) is 4. The van der Waals surface area contributed by atoms with Gasteiger partial charge in [-0.3, -0.25) is 9.69 Å². The van der Waals surface area contributed by atoms with Crippen LogP contribution in [0.4, 0.5) is 0 Å². The molecule has 1 amide bonds. The van der Waals surface area contributed by atoms with E-state index in [0.29, 0.717) is 16.3 Å². The van der Waals surface area contributed by atoms with Crippen LogP contribution in [0.25, 0.3) is 0 Å². The summed E-state index contributed by atoms with van der Waals surface area (Å²) in [5, 5.41) is 0.598. The highest BCUT2D eigenvalue weighted by atomic mass is 35.5. The molecule has 150 valence electrons. The van der Waals surface area contributed by atoms with Gasteiger partial charge < -0.3 is 14.1 Å². The standard InChI is InChI=1S/C22H27ClN2O3/c23-17-6-7-20(22(26)25-10-2-1-3-11-25)21(15-17)28-18-8-12-24(13-9-18)16-19-5-4-14-27-19/h4-7,14-15,18H,1-3,8-13,16H2.